The number of aromatic nitrogens is 3. The van der Waals surface area contributed by atoms with Gasteiger partial charge in [0.05, 0.1) is 5.25 Å². The third-order valence-electron chi connectivity index (χ3n) is 5.54. The van der Waals surface area contributed by atoms with Gasteiger partial charge in [-0.05, 0) is 31.2 Å². The lowest BCUT2D eigenvalue weighted by Crippen LogP contribution is -2.23. The molecule has 2 aromatic carbocycles. The maximum Gasteiger partial charge on any atom is 0.237 e. The molecule has 1 saturated carbocycles. The van der Waals surface area contributed by atoms with Crippen LogP contribution in [0.15, 0.2) is 47.6 Å². The smallest absolute Gasteiger partial charge is 0.237 e. The van der Waals surface area contributed by atoms with E-state index in [1.165, 1.54) is 43.9 Å². The largest absolute Gasteiger partial charge is 0.325 e. The van der Waals surface area contributed by atoms with Gasteiger partial charge in [-0.25, -0.2) is 0 Å². The molecule has 28 heavy (non-hydrogen) atoms. The number of anilines is 1. The molecule has 1 fully saturated rings. The van der Waals surface area contributed by atoms with Crippen LogP contribution in [0.25, 0.3) is 10.8 Å². The van der Waals surface area contributed by atoms with Crippen LogP contribution in [0.3, 0.4) is 0 Å². The number of hydrogen-bond acceptors (Lipinski definition) is 4. The predicted molar refractivity (Wildman–Crippen MR) is 115 cm³/mol. The minimum atomic E-state index is -0.263. The highest BCUT2D eigenvalue weighted by Gasteiger charge is 2.24. The molecule has 1 aromatic heterocycles. The number of nitrogens with zero attached hydrogens (tertiary/aromatic N) is 3. The van der Waals surface area contributed by atoms with Gasteiger partial charge >= 0.3 is 0 Å². The van der Waals surface area contributed by atoms with Crippen LogP contribution in [0, 0.1) is 0 Å². The van der Waals surface area contributed by atoms with Crippen molar-refractivity contribution in [1.29, 1.82) is 0 Å². The van der Waals surface area contributed by atoms with Gasteiger partial charge in [0.15, 0.2) is 5.16 Å². The van der Waals surface area contributed by atoms with Crippen molar-refractivity contribution < 1.29 is 4.79 Å². The van der Waals surface area contributed by atoms with Gasteiger partial charge in [0.1, 0.15) is 5.82 Å². The molecule has 0 saturated heterocycles. The average Bonchev–Trinajstić information content (AvgIpc) is 3.09. The lowest BCUT2D eigenvalue weighted by atomic mass is 9.89. The summed E-state index contributed by atoms with van der Waals surface area (Å²) in [5.41, 5.74) is 0.844. The van der Waals surface area contributed by atoms with E-state index in [-0.39, 0.29) is 11.2 Å². The molecule has 0 bridgehead atoms. The van der Waals surface area contributed by atoms with Gasteiger partial charge in [-0.15, -0.1) is 10.2 Å². The molecule has 6 heteroatoms. The van der Waals surface area contributed by atoms with E-state index in [1.54, 1.807) is 0 Å². The van der Waals surface area contributed by atoms with Crippen molar-refractivity contribution in [3.63, 3.8) is 0 Å². The van der Waals surface area contributed by atoms with Crippen LogP contribution in [0.5, 0.6) is 0 Å². The summed E-state index contributed by atoms with van der Waals surface area (Å²) in [6, 6.07) is 14.0. The van der Waals surface area contributed by atoms with Gasteiger partial charge in [-0.3, -0.25) is 4.79 Å². The molecule has 146 valence electrons. The van der Waals surface area contributed by atoms with Crippen LogP contribution in [-0.2, 0) is 11.8 Å². The number of carbonyl (C=O) groups is 1. The molecule has 3 aromatic rings. The molecule has 1 N–H and O–H groups in total. The molecule has 1 heterocycles. The van der Waals surface area contributed by atoms with Crippen molar-refractivity contribution in [1.82, 2.24) is 14.8 Å². The fourth-order valence-corrected chi connectivity index (χ4v) is 4.75. The molecule has 1 aliphatic carbocycles. The third-order valence-corrected chi connectivity index (χ3v) is 6.67. The number of thioether (sulfide) groups is 1. The summed E-state index contributed by atoms with van der Waals surface area (Å²) in [4.78, 5) is 12.8. The summed E-state index contributed by atoms with van der Waals surface area (Å²) >= 11 is 1.47. The second-order valence-electron chi connectivity index (χ2n) is 7.51. The van der Waals surface area contributed by atoms with Crippen LogP contribution >= 0.6 is 11.8 Å². The Morgan fingerprint density at radius 1 is 1.11 bits per heavy atom. The van der Waals surface area contributed by atoms with Crippen LogP contribution < -0.4 is 5.32 Å². The van der Waals surface area contributed by atoms with Crippen molar-refractivity contribution in [3.8, 4) is 0 Å². The molecule has 1 atom stereocenters. The number of rotatable bonds is 5. The van der Waals surface area contributed by atoms with Crippen molar-refractivity contribution in [2.75, 3.05) is 5.32 Å². The van der Waals surface area contributed by atoms with Crippen LogP contribution in [0.4, 0.5) is 5.69 Å². The molecule has 4 rings (SSSR count). The van der Waals surface area contributed by atoms with E-state index in [4.69, 9.17) is 0 Å². The van der Waals surface area contributed by atoms with E-state index in [9.17, 15) is 4.79 Å². The monoisotopic (exact) mass is 394 g/mol. The number of benzene rings is 2. The highest BCUT2D eigenvalue weighted by atomic mass is 32.2. The fourth-order valence-electron chi connectivity index (χ4n) is 3.93. The van der Waals surface area contributed by atoms with E-state index >= 15 is 0 Å². The quantitative estimate of drug-likeness (QED) is 0.609. The van der Waals surface area contributed by atoms with Crippen molar-refractivity contribution >= 4 is 34.1 Å². The predicted octanol–water partition coefficient (Wildman–Crippen LogP) is 5.14. The summed E-state index contributed by atoms with van der Waals surface area (Å²) in [6.07, 6.45) is 6.23. The van der Waals surface area contributed by atoms with Crippen LogP contribution in [0.1, 0.15) is 50.8 Å². The summed E-state index contributed by atoms with van der Waals surface area (Å²) in [7, 11) is 2.02. The minimum absolute atomic E-state index is 0.0245. The summed E-state index contributed by atoms with van der Waals surface area (Å²) in [6.45, 7) is 1.92. The highest BCUT2D eigenvalue weighted by molar-refractivity contribution is 8.00. The Labute approximate surface area is 169 Å². The highest BCUT2D eigenvalue weighted by Crippen LogP contribution is 2.33. The van der Waals surface area contributed by atoms with Gasteiger partial charge in [0.25, 0.3) is 0 Å². The van der Waals surface area contributed by atoms with Crippen LogP contribution in [0.2, 0.25) is 0 Å². The van der Waals surface area contributed by atoms with E-state index in [1.807, 2.05) is 44.3 Å². The zero-order valence-electron chi connectivity index (χ0n) is 16.4. The van der Waals surface area contributed by atoms with E-state index < -0.39 is 0 Å². The fraction of sp³-hybridized carbons (Fsp3) is 0.409. The molecule has 1 aliphatic rings. The van der Waals surface area contributed by atoms with Crippen molar-refractivity contribution in [3.05, 3.63) is 48.3 Å². The Morgan fingerprint density at radius 3 is 2.68 bits per heavy atom. The van der Waals surface area contributed by atoms with Gasteiger partial charge in [0.2, 0.25) is 5.91 Å². The SMILES string of the molecule is C[C@H](Sc1nnc(C2CCCCC2)n1C)C(=O)Nc1cccc2ccccc12. The zero-order chi connectivity index (χ0) is 19.5. The standard InChI is InChI=1S/C22H26N4OS/c1-15(21(27)23-19-14-8-12-16-9-6-7-13-18(16)19)28-22-25-24-20(26(22)2)17-10-4-3-5-11-17/h6-9,12-15,17H,3-5,10-11H2,1-2H3,(H,23,27)/t15-/m0/s1. The lowest BCUT2D eigenvalue weighted by molar-refractivity contribution is -0.115. The Hall–Kier alpha value is -2.34. The zero-order valence-corrected chi connectivity index (χ0v) is 17.2. The van der Waals surface area contributed by atoms with E-state index in [2.05, 4.69) is 32.2 Å². The molecule has 5 nitrogen and oxygen atoms in total. The minimum Gasteiger partial charge on any atom is -0.325 e. The van der Waals surface area contributed by atoms with E-state index in [0.29, 0.717) is 5.92 Å². The lowest BCUT2D eigenvalue weighted by Gasteiger charge is -2.20. The molecule has 1 amide bonds. The van der Waals surface area contributed by atoms with Gasteiger partial charge in [-0.2, -0.15) is 0 Å². The molecule has 0 aliphatic heterocycles. The van der Waals surface area contributed by atoms with E-state index in [0.717, 1.165) is 27.4 Å². The number of carbonyl (C=O) groups excluding carboxylic acids is 1. The molecular weight excluding hydrogens is 368 g/mol. The number of fused-ring (bicyclic) bond motifs is 1. The number of nitrogens with one attached hydrogen (secondary N) is 1. The first-order chi connectivity index (χ1) is 13.6. The summed E-state index contributed by atoms with van der Waals surface area (Å²) in [5, 5.41) is 14.6. The van der Waals surface area contributed by atoms with Crippen molar-refractivity contribution in [2.24, 2.45) is 7.05 Å². The molecule has 0 radical (unpaired) electrons. The Kier molecular flexibility index (Phi) is 5.67. The maximum atomic E-state index is 12.8. The first-order valence-corrected chi connectivity index (χ1v) is 10.9. The first-order valence-electron chi connectivity index (χ1n) is 9.98. The number of hydrogen-bond donors (Lipinski definition) is 1. The third kappa shape index (κ3) is 3.92. The Bertz CT molecular complexity index is 972. The summed E-state index contributed by atoms with van der Waals surface area (Å²) < 4.78 is 2.07. The average molecular weight is 395 g/mol. The maximum absolute atomic E-state index is 12.8. The van der Waals surface area contributed by atoms with Crippen LogP contribution in [-0.4, -0.2) is 25.9 Å². The van der Waals surface area contributed by atoms with Gasteiger partial charge < -0.3 is 9.88 Å². The van der Waals surface area contributed by atoms with Gasteiger partial charge in [-0.1, -0.05) is 67.4 Å². The molecular formula is C22H26N4OS. The normalized spacial score (nSPS) is 16.2. The second-order valence-corrected chi connectivity index (χ2v) is 8.82. The van der Waals surface area contributed by atoms with Gasteiger partial charge in [0, 0.05) is 24.0 Å². The molecule has 0 spiro atoms. The first kappa shape index (κ1) is 19.0. The Morgan fingerprint density at radius 2 is 1.86 bits per heavy atom. The Balaban J connectivity index is 1.45. The molecule has 0 unspecified atom stereocenters. The van der Waals surface area contributed by atoms with Crippen molar-refractivity contribution in [2.45, 2.75) is 55.4 Å². The second kappa shape index (κ2) is 8.35. The number of amides is 1. The topological polar surface area (TPSA) is 59.8 Å². The summed E-state index contributed by atoms with van der Waals surface area (Å²) in [5.74, 6) is 1.54.